The van der Waals surface area contributed by atoms with Gasteiger partial charge in [-0.25, -0.2) is 4.39 Å². The molecule has 110 valence electrons. The minimum absolute atomic E-state index is 0.0286. The first-order valence-electron chi connectivity index (χ1n) is 6.95. The lowest BCUT2D eigenvalue weighted by atomic mass is 10.1. The molecule has 0 saturated heterocycles. The molecule has 2 N–H and O–H groups in total. The number of nitrogens with zero attached hydrogens (tertiary/aromatic N) is 1. The standard InChI is InChI=1S/C17H19FN2O/c1-2-20(12-14-5-9-16(19)10-6-14)17(21)11-13-3-7-15(18)8-4-13/h3-10H,2,11-12,19H2,1H3. The number of likely N-dealkylation sites (N-methyl/N-ethyl adjacent to an activating group) is 1. The van der Waals surface area contributed by atoms with Crippen LogP contribution in [0.25, 0.3) is 0 Å². The lowest BCUT2D eigenvalue weighted by Gasteiger charge is -2.21. The van der Waals surface area contributed by atoms with Crippen LogP contribution < -0.4 is 5.73 Å². The molecule has 0 saturated carbocycles. The fourth-order valence-corrected chi connectivity index (χ4v) is 2.11. The first-order chi connectivity index (χ1) is 10.1. The van der Waals surface area contributed by atoms with Crippen molar-refractivity contribution in [3.8, 4) is 0 Å². The average molecular weight is 286 g/mol. The van der Waals surface area contributed by atoms with Gasteiger partial charge >= 0.3 is 0 Å². The molecule has 0 spiro atoms. The van der Waals surface area contributed by atoms with Crippen LogP contribution in [0.15, 0.2) is 48.5 Å². The Morgan fingerprint density at radius 3 is 2.19 bits per heavy atom. The molecule has 0 fully saturated rings. The van der Waals surface area contributed by atoms with E-state index in [1.807, 2.05) is 31.2 Å². The predicted molar refractivity (Wildman–Crippen MR) is 82.0 cm³/mol. The lowest BCUT2D eigenvalue weighted by molar-refractivity contribution is -0.130. The molecule has 0 atom stereocenters. The molecule has 2 aromatic rings. The van der Waals surface area contributed by atoms with Crippen molar-refractivity contribution >= 4 is 11.6 Å². The van der Waals surface area contributed by atoms with E-state index in [4.69, 9.17) is 5.73 Å². The summed E-state index contributed by atoms with van der Waals surface area (Å²) in [6, 6.07) is 13.5. The molecule has 0 aliphatic carbocycles. The van der Waals surface area contributed by atoms with Crippen LogP contribution in [0.3, 0.4) is 0 Å². The predicted octanol–water partition coefficient (Wildman–Crippen LogP) is 3.00. The third-order valence-electron chi connectivity index (χ3n) is 3.36. The van der Waals surface area contributed by atoms with Crippen LogP contribution in [0.4, 0.5) is 10.1 Å². The molecule has 0 bridgehead atoms. The van der Waals surface area contributed by atoms with Gasteiger partial charge in [0.05, 0.1) is 6.42 Å². The SMILES string of the molecule is CCN(Cc1ccc(N)cc1)C(=O)Cc1ccc(F)cc1. The van der Waals surface area contributed by atoms with Crippen molar-refractivity contribution in [3.63, 3.8) is 0 Å². The fraction of sp³-hybridized carbons (Fsp3) is 0.235. The van der Waals surface area contributed by atoms with Crippen molar-refractivity contribution in [2.75, 3.05) is 12.3 Å². The smallest absolute Gasteiger partial charge is 0.227 e. The molecule has 0 radical (unpaired) electrons. The van der Waals surface area contributed by atoms with Crippen LogP contribution in [0.5, 0.6) is 0 Å². The Hall–Kier alpha value is -2.36. The van der Waals surface area contributed by atoms with Crippen molar-refractivity contribution in [3.05, 3.63) is 65.5 Å². The van der Waals surface area contributed by atoms with Gasteiger partial charge in [-0.05, 0) is 42.3 Å². The number of carbonyl (C=O) groups is 1. The lowest BCUT2D eigenvalue weighted by Crippen LogP contribution is -2.31. The van der Waals surface area contributed by atoms with Gasteiger partial charge in [-0.15, -0.1) is 0 Å². The second kappa shape index (κ2) is 6.88. The third-order valence-corrected chi connectivity index (χ3v) is 3.36. The summed E-state index contributed by atoms with van der Waals surface area (Å²) in [6.07, 6.45) is 0.281. The number of amides is 1. The fourth-order valence-electron chi connectivity index (χ4n) is 2.11. The summed E-state index contributed by atoms with van der Waals surface area (Å²) in [7, 11) is 0. The van der Waals surface area contributed by atoms with Crippen LogP contribution in [0.2, 0.25) is 0 Å². The molecule has 0 aromatic heterocycles. The molecule has 3 nitrogen and oxygen atoms in total. The molecule has 0 heterocycles. The molecule has 4 heteroatoms. The van der Waals surface area contributed by atoms with Crippen LogP contribution in [-0.4, -0.2) is 17.4 Å². The number of benzene rings is 2. The highest BCUT2D eigenvalue weighted by atomic mass is 19.1. The van der Waals surface area contributed by atoms with Gasteiger partial charge in [0.25, 0.3) is 0 Å². The molecular weight excluding hydrogens is 267 g/mol. The number of nitrogen functional groups attached to an aromatic ring is 1. The normalized spacial score (nSPS) is 10.4. The largest absolute Gasteiger partial charge is 0.399 e. The summed E-state index contributed by atoms with van der Waals surface area (Å²) in [4.78, 5) is 14.1. The monoisotopic (exact) mass is 286 g/mol. The molecule has 2 aromatic carbocycles. The number of nitrogens with two attached hydrogens (primary N) is 1. The quantitative estimate of drug-likeness (QED) is 0.859. The molecule has 0 unspecified atom stereocenters. The number of halogens is 1. The van der Waals surface area contributed by atoms with E-state index in [1.54, 1.807) is 17.0 Å². The van der Waals surface area contributed by atoms with Gasteiger partial charge < -0.3 is 10.6 Å². The van der Waals surface area contributed by atoms with E-state index in [2.05, 4.69) is 0 Å². The van der Waals surface area contributed by atoms with E-state index >= 15 is 0 Å². The number of carbonyl (C=O) groups excluding carboxylic acids is 1. The number of anilines is 1. The van der Waals surface area contributed by atoms with Crippen LogP contribution >= 0.6 is 0 Å². The molecule has 0 aliphatic heterocycles. The average Bonchev–Trinajstić information content (AvgIpc) is 2.49. The Balaban J connectivity index is 2.01. The molecule has 21 heavy (non-hydrogen) atoms. The molecule has 2 rings (SSSR count). The Morgan fingerprint density at radius 2 is 1.62 bits per heavy atom. The van der Waals surface area contributed by atoms with E-state index in [-0.39, 0.29) is 18.1 Å². The zero-order valence-electron chi connectivity index (χ0n) is 12.1. The topological polar surface area (TPSA) is 46.3 Å². The minimum Gasteiger partial charge on any atom is -0.399 e. The van der Waals surface area contributed by atoms with Gasteiger partial charge in [0.1, 0.15) is 5.82 Å². The van der Waals surface area contributed by atoms with Crippen molar-refractivity contribution in [2.24, 2.45) is 0 Å². The summed E-state index contributed by atoms with van der Waals surface area (Å²) in [6.45, 7) is 3.13. The Kier molecular flexibility index (Phi) is 4.93. The zero-order chi connectivity index (χ0) is 15.2. The van der Waals surface area contributed by atoms with Gasteiger partial charge in [-0.1, -0.05) is 24.3 Å². The van der Waals surface area contributed by atoms with Crippen LogP contribution in [-0.2, 0) is 17.8 Å². The van der Waals surface area contributed by atoms with E-state index < -0.39 is 0 Å². The summed E-state index contributed by atoms with van der Waals surface area (Å²) in [5.74, 6) is -0.263. The molecule has 1 amide bonds. The highest BCUT2D eigenvalue weighted by Crippen LogP contribution is 2.11. The second-order valence-electron chi connectivity index (χ2n) is 4.95. The van der Waals surface area contributed by atoms with Gasteiger partial charge in [-0.2, -0.15) is 0 Å². The van der Waals surface area contributed by atoms with Crippen LogP contribution in [0, 0.1) is 5.82 Å². The first-order valence-corrected chi connectivity index (χ1v) is 6.95. The van der Waals surface area contributed by atoms with Crippen molar-refractivity contribution in [1.29, 1.82) is 0 Å². The third kappa shape index (κ3) is 4.31. The minimum atomic E-state index is -0.291. The summed E-state index contributed by atoms with van der Waals surface area (Å²) in [5.41, 5.74) is 8.22. The Labute approximate surface area is 124 Å². The Bertz CT molecular complexity index is 593. The maximum Gasteiger partial charge on any atom is 0.227 e. The Morgan fingerprint density at radius 1 is 1.05 bits per heavy atom. The van der Waals surface area contributed by atoms with Gasteiger partial charge in [0.2, 0.25) is 5.91 Å². The van der Waals surface area contributed by atoms with Gasteiger partial charge in [-0.3, -0.25) is 4.79 Å². The van der Waals surface area contributed by atoms with Gasteiger partial charge in [0.15, 0.2) is 0 Å². The maximum absolute atomic E-state index is 12.9. The molecular formula is C17H19FN2O. The van der Waals surface area contributed by atoms with E-state index in [0.717, 1.165) is 11.1 Å². The second-order valence-corrected chi connectivity index (χ2v) is 4.95. The summed E-state index contributed by atoms with van der Waals surface area (Å²) in [5, 5.41) is 0. The summed E-state index contributed by atoms with van der Waals surface area (Å²) < 4.78 is 12.9. The van der Waals surface area contributed by atoms with Crippen molar-refractivity contribution in [1.82, 2.24) is 4.90 Å². The van der Waals surface area contributed by atoms with Crippen LogP contribution in [0.1, 0.15) is 18.1 Å². The van der Waals surface area contributed by atoms with Crippen molar-refractivity contribution < 1.29 is 9.18 Å². The summed E-state index contributed by atoms with van der Waals surface area (Å²) >= 11 is 0. The van der Waals surface area contributed by atoms with E-state index in [1.165, 1.54) is 12.1 Å². The van der Waals surface area contributed by atoms with E-state index in [9.17, 15) is 9.18 Å². The number of rotatable bonds is 5. The van der Waals surface area contributed by atoms with Gasteiger partial charge in [0, 0.05) is 18.8 Å². The van der Waals surface area contributed by atoms with Crippen molar-refractivity contribution in [2.45, 2.75) is 19.9 Å². The highest BCUT2D eigenvalue weighted by Gasteiger charge is 2.12. The number of hydrogen-bond donors (Lipinski definition) is 1. The molecule has 0 aliphatic rings. The first kappa shape index (κ1) is 15.0. The highest BCUT2D eigenvalue weighted by molar-refractivity contribution is 5.78. The number of hydrogen-bond acceptors (Lipinski definition) is 2. The zero-order valence-corrected chi connectivity index (χ0v) is 12.1. The maximum atomic E-state index is 12.9. The van der Waals surface area contributed by atoms with E-state index in [0.29, 0.717) is 18.8 Å².